The fraction of sp³-hybridized carbons (Fsp3) is 0.381. The summed E-state index contributed by atoms with van der Waals surface area (Å²) in [5.41, 5.74) is 3.84. The molecule has 0 aliphatic heterocycles. The minimum Gasteiger partial charge on any atom is -0.497 e. The molecule has 0 spiro atoms. The van der Waals surface area contributed by atoms with Gasteiger partial charge in [0.1, 0.15) is 5.75 Å². The lowest BCUT2D eigenvalue weighted by Gasteiger charge is -2.14. The van der Waals surface area contributed by atoms with Crippen molar-refractivity contribution in [1.82, 2.24) is 15.5 Å². The molecule has 0 aliphatic carbocycles. The van der Waals surface area contributed by atoms with Crippen molar-refractivity contribution in [3.05, 3.63) is 65.2 Å². The first-order valence-electron chi connectivity index (χ1n) is 8.90. The number of nitrogens with zero attached hydrogens (tertiary/aromatic N) is 2. The van der Waals surface area contributed by atoms with Gasteiger partial charge in [-0.15, -0.1) is 24.0 Å². The van der Waals surface area contributed by atoms with Crippen LogP contribution >= 0.6 is 24.0 Å². The Morgan fingerprint density at radius 2 is 1.70 bits per heavy atom. The van der Waals surface area contributed by atoms with Crippen LogP contribution in [0.2, 0.25) is 0 Å². The molecule has 0 radical (unpaired) electrons. The fourth-order valence-electron chi connectivity index (χ4n) is 2.73. The van der Waals surface area contributed by atoms with Crippen LogP contribution in [0.15, 0.2) is 53.5 Å². The zero-order chi connectivity index (χ0) is 18.8. The lowest BCUT2D eigenvalue weighted by molar-refractivity contribution is 0.402. The van der Waals surface area contributed by atoms with E-state index in [4.69, 9.17) is 4.74 Å². The number of rotatable bonds is 8. The van der Waals surface area contributed by atoms with E-state index >= 15 is 0 Å². The van der Waals surface area contributed by atoms with Crippen molar-refractivity contribution in [3.63, 3.8) is 0 Å². The molecule has 0 bridgehead atoms. The van der Waals surface area contributed by atoms with Crippen LogP contribution in [-0.4, -0.2) is 45.7 Å². The Morgan fingerprint density at radius 3 is 2.33 bits per heavy atom. The summed E-state index contributed by atoms with van der Waals surface area (Å²) in [5, 5.41) is 6.74. The van der Waals surface area contributed by atoms with Crippen LogP contribution in [0.1, 0.15) is 16.7 Å². The molecule has 27 heavy (non-hydrogen) atoms. The predicted octanol–water partition coefficient (Wildman–Crippen LogP) is 3.28. The molecular formula is C21H31IN4O. The summed E-state index contributed by atoms with van der Waals surface area (Å²) in [6, 6.07) is 16.8. The van der Waals surface area contributed by atoms with Crippen molar-refractivity contribution < 1.29 is 4.74 Å². The molecular weight excluding hydrogens is 451 g/mol. The third kappa shape index (κ3) is 8.62. The van der Waals surface area contributed by atoms with E-state index in [0.717, 1.165) is 37.8 Å². The number of nitrogens with one attached hydrogen (secondary N) is 2. The van der Waals surface area contributed by atoms with E-state index in [1.807, 2.05) is 12.1 Å². The average Bonchev–Trinajstić information content (AvgIpc) is 2.65. The van der Waals surface area contributed by atoms with Gasteiger partial charge >= 0.3 is 0 Å². The number of aliphatic imine (C=N–C) groups is 1. The summed E-state index contributed by atoms with van der Waals surface area (Å²) in [6.07, 6.45) is 0.934. The lowest BCUT2D eigenvalue weighted by Crippen LogP contribution is -2.37. The second kappa shape index (κ2) is 12.6. The van der Waals surface area contributed by atoms with Gasteiger partial charge in [0, 0.05) is 26.7 Å². The number of guanidine groups is 1. The summed E-state index contributed by atoms with van der Waals surface area (Å²) in [6.45, 7) is 2.53. The van der Waals surface area contributed by atoms with E-state index in [9.17, 15) is 0 Å². The van der Waals surface area contributed by atoms with Crippen molar-refractivity contribution in [3.8, 4) is 5.75 Å². The summed E-state index contributed by atoms with van der Waals surface area (Å²) in [5.74, 6) is 1.70. The zero-order valence-electron chi connectivity index (χ0n) is 16.7. The molecule has 6 heteroatoms. The van der Waals surface area contributed by atoms with Crippen LogP contribution in [0.25, 0.3) is 0 Å². The first-order valence-corrected chi connectivity index (χ1v) is 8.90. The van der Waals surface area contributed by atoms with Crippen LogP contribution < -0.4 is 15.4 Å². The minimum absolute atomic E-state index is 0. The van der Waals surface area contributed by atoms with Gasteiger partial charge < -0.3 is 20.3 Å². The monoisotopic (exact) mass is 482 g/mol. The molecule has 5 nitrogen and oxygen atoms in total. The highest BCUT2D eigenvalue weighted by molar-refractivity contribution is 14.0. The van der Waals surface area contributed by atoms with Gasteiger partial charge in [-0.25, -0.2) is 0 Å². The van der Waals surface area contributed by atoms with Gasteiger partial charge in [0.25, 0.3) is 0 Å². The maximum Gasteiger partial charge on any atom is 0.191 e. The SMILES string of the molecule is CN=C(NCCc1ccc(OC)cc1)NCc1cccc(CN(C)C)c1.I. The maximum atomic E-state index is 5.19. The topological polar surface area (TPSA) is 48.9 Å². The molecule has 148 valence electrons. The molecule has 0 saturated heterocycles. The summed E-state index contributed by atoms with van der Waals surface area (Å²) < 4.78 is 5.19. The minimum atomic E-state index is 0. The van der Waals surface area contributed by atoms with E-state index < -0.39 is 0 Å². The van der Waals surface area contributed by atoms with Gasteiger partial charge in [-0.3, -0.25) is 4.99 Å². The Hall–Kier alpha value is -1.80. The molecule has 0 atom stereocenters. The lowest BCUT2D eigenvalue weighted by atomic mass is 10.1. The highest BCUT2D eigenvalue weighted by Gasteiger charge is 2.01. The Kier molecular flexibility index (Phi) is 10.8. The summed E-state index contributed by atoms with van der Waals surface area (Å²) in [4.78, 5) is 6.47. The van der Waals surface area contributed by atoms with E-state index in [2.05, 4.69) is 71.0 Å². The van der Waals surface area contributed by atoms with Crippen LogP contribution in [0, 0.1) is 0 Å². The van der Waals surface area contributed by atoms with Crippen molar-refractivity contribution in [1.29, 1.82) is 0 Å². The zero-order valence-corrected chi connectivity index (χ0v) is 19.0. The van der Waals surface area contributed by atoms with E-state index in [0.29, 0.717) is 0 Å². The van der Waals surface area contributed by atoms with Gasteiger partial charge in [0.05, 0.1) is 7.11 Å². The largest absolute Gasteiger partial charge is 0.497 e. The number of ether oxygens (including phenoxy) is 1. The molecule has 0 saturated carbocycles. The van der Waals surface area contributed by atoms with Crippen molar-refractivity contribution >= 4 is 29.9 Å². The molecule has 0 amide bonds. The quantitative estimate of drug-likeness (QED) is 0.345. The van der Waals surface area contributed by atoms with Crippen molar-refractivity contribution in [2.75, 3.05) is 34.8 Å². The van der Waals surface area contributed by atoms with Gasteiger partial charge in [-0.1, -0.05) is 36.4 Å². The molecule has 0 aliphatic rings. The molecule has 2 N–H and O–H groups in total. The first kappa shape index (κ1) is 23.2. The number of benzene rings is 2. The Morgan fingerprint density at radius 1 is 1.00 bits per heavy atom. The van der Waals surface area contributed by atoms with Crippen LogP contribution in [-0.2, 0) is 19.5 Å². The second-order valence-corrected chi connectivity index (χ2v) is 6.51. The van der Waals surface area contributed by atoms with Gasteiger partial charge in [-0.05, 0) is 49.3 Å². The van der Waals surface area contributed by atoms with Gasteiger partial charge in [0.15, 0.2) is 5.96 Å². The molecule has 2 rings (SSSR count). The Bertz CT molecular complexity index is 702. The molecule has 0 heterocycles. The van der Waals surface area contributed by atoms with Crippen LogP contribution in [0.4, 0.5) is 0 Å². The van der Waals surface area contributed by atoms with Crippen molar-refractivity contribution in [2.45, 2.75) is 19.5 Å². The van der Waals surface area contributed by atoms with Gasteiger partial charge in [0.2, 0.25) is 0 Å². The number of methoxy groups -OCH3 is 1. The second-order valence-electron chi connectivity index (χ2n) is 6.51. The van der Waals surface area contributed by atoms with Crippen LogP contribution in [0.5, 0.6) is 5.75 Å². The van der Waals surface area contributed by atoms with E-state index in [1.54, 1.807) is 14.2 Å². The standard InChI is InChI=1S/C21H30N4O.HI/c1-22-21(23-13-12-17-8-10-20(26-4)11-9-17)24-15-18-6-5-7-19(14-18)16-25(2)3;/h5-11,14H,12-13,15-16H2,1-4H3,(H2,22,23,24);1H. The third-order valence-corrected chi connectivity index (χ3v) is 4.04. The maximum absolute atomic E-state index is 5.19. The smallest absolute Gasteiger partial charge is 0.191 e. The Labute approximate surface area is 180 Å². The number of hydrogen-bond acceptors (Lipinski definition) is 3. The number of halogens is 1. The molecule has 0 unspecified atom stereocenters. The fourth-order valence-corrected chi connectivity index (χ4v) is 2.73. The summed E-state index contributed by atoms with van der Waals surface area (Å²) >= 11 is 0. The van der Waals surface area contributed by atoms with Crippen molar-refractivity contribution in [2.24, 2.45) is 4.99 Å². The molecule has 2 aromatic rings. The highest BCUT2D eigenvalue weighted by Crippen LogP contribution is 2.11. The number of hydrogen-bond donors (Lipinski definition) is 2. The molecule has 0 fully saturated rings. The third-order valence-electron chi connectivity index (χ3n) is 4.04. The van der Waals surface area contributed by atoms with Crippen LogP contribution in [0.3, 0.4) is 0 Å². The average molecular weight is 482 g/mol. The summed E-state index contributed by atoms with van der Waals surface area (Å²) in [7, 11) is 7.65. The molecule has 0 aromatic heterocycles. The highest BCUT2D eigenvalue weighted by atomic mass is 127. The Balaban J connectivity index is 0.00000364. The normalized spacial score (nSPS) is 11.1. The predicted molar refractivity (Wildman–Crippen MR) is 124 cm³/mol. The van der Waals surface area contributed by atoms with E-state index in [1.165, 1.54) is 16.7 Å². The van der Waals surface area contributed by atoms with Gasteiger partial charge in [-0.2, -0.15) is 0 Å². The molecule has 2 aromatic carbocycles. The van der Waals surface area contributed by atoms with E-state index in [-0.39, 0.29) is 24.0 Å². The first-order chi connectivity index (χ1) is 12.6.